The minimum atomic E-state index is 1.25. The molecule has 0 aliphatic carbocycles. The average Bonchev–Trinajstić information content (AvgIpc) is 2.90. The fourth-order valence-electron chi connectivity index (χ4n) is 2.41. The molecular formula is C15H33N3. The molecule has 108 valence electrons. The lowest BCUT2D eigenvalue weighted by molar-refractivity contribution is 0.520. The largest absolute Gasteiger partial charge is 0.317 e. The molecule has 3 rings (SSSR count). The Hall–Kier alpha value is -0.120. The molecule has 0 spiro atoms. The number of piperidine rings is 1. The minimum absolute atomic E-state index is 1.25. The van der Waals surface area contributed by atoms with Gasteiger partial charge in [0, 0.05) is 0 Å². The number of hydrogen-bond donors (Lipinski definition) is 3. The summed E-state index contributed by atoms with van der Waals surface area (Å²) in [6.45, 7) is 7.50. The fourth-order valence-corrected chi connectivity index (χ4v) is 2.41. The Balaban J connectivity index is 0.000000137. The first kappa shape index (κ1) is 15.9. The van der Waals surface area contributed by atoms with E-state index in [2.05, 4.69) is 16.0 Å². The first-order valence-electron chi connectivity index (χ1n) is 8.12. The molecule has 3 heteroatoms. The number of nitrogens with one attached hydrogen (secondary N) is 3. The topological polar surface area (TPSA) is 36.1 Å². The Morgan fingerprint density at radius 1 is 0.278 bits per heavy atom. The van der Waals surface area contributed by atoms with Crippen molar-refractivity contribution in [3.8, 4) is 0 Å². The second-order valence-electron chi connectivity index (χ2n) is 5.43. The molecule has 18 heavy (non-hydrogen) atoms. The summed E-state index contributed by atoms with van der Waals surface area (Å²) >= 11 is 0. The lowest BCUT2D eigenvalue weighted by atomic mass is 10.2. The van der Waals surface area contributed by atoms with Crippen molar-refractivity contribution in [2.75, 3.05) is 39.3 Å². The van der Waals surface area contributed by atoms with E-state index < -0.39 is 0 Å². The summed E-state index contributed by atoms with van der Waals surface area (Å²) in [4.78, 5) is 0. The number of rotatable bonds is 0. The molecule has 0 radical (unpaired) electrons. The molecule has 3 saturated heterocycles. The van der Waals surface area contributed by atoms with Gasteiger partial charge in [-0.1, -0.05) is 19.3 Å². The van der Waals surface area contributed by atoms with Crippen LogP contribution in [0.5, 0.6) is 0 Å². The maximum absolute atomic E-state index is 3.35. The number of hydrogen-bond acceptors (Lipinski definition) is 3. The van der Waals surface area contributed by atoms with Crippen LogP contribution in [0.25, 0.3) is 0 Å². The predicted molar refractivity (Wildman–Crippen MR) is 80.2 cm³/mol. The van der Waals surface area contributed by atoms with E-state index >= 15 is 0 Å². The van der Waals surface area contributed by atoms with Crippen LogP contribution in [-0.4, -0.2) is 39.3 Å². The molecular weight excluding hydrogens is 222 g/mol. The van der Waals surface area contributed by atoms with Gasteiger partial charge >= 0.3 is 0 Å². The quantitative estimate of drug-likeness (QED) is 0.621. The van der Waals surface area contributed by atoms with Gasteiger partial charge in [-0.15, -0.1) is 0 Å². The van der Waals surface area contributed by atoms with Crippen molar-refractivity contribution in [3.63, 3.8) is 0 Å². The van der Waals surface area contributed by atoms with Crippen LogP contribution in [0.4, 0.5) is 0 Å². The molecule has 0 unspecified atom stereocenters. The first-order valence-corrected chi connectivity index (χ1v) is 8.12. The SMILES string of the molecule is C1CCCNCC1.C1CCNC1.C1CCNCC1. The van der Waals surface area contributed by atoms with E-state index in [1.54, 1.807) is 0 Å². The highest BCUT2D eigenvalue weighted by atomic mass is 14.9. The molecule has 3 fully saturated rings. The molecule has 3 N–H and O–H groups in total. The molecule has 0 amide bonds. The Kier molecular flexibility index (Phi) is 11.8. The van der Waals surface area contributed by atoms with Crippen LogP contribution in [-0.2, 0) is 0 Å². The van der Waals surface area contributed by atoms with Gasteiger partial charge in [0.2, 0.25) is 0 Å². The Labute approximate surface area is 113 Å². The van der Waals surface area contributed by atoms with Crippen LogP contribution in [0.3, 0.4) is 0 Å². The molecule has 0 aromatic carbocycles. The predicted octanol–water partition coefficient (Wildman–Crippen LogP) is 2.28. The molecule has 0 atom stereocenters. The van der Waals surface area contributed by atoms with Gasteiger partial charge < -0.3 is 16.0 Å². The molecule has 0 aromatic rings. The summed E-state index contributed by atoms with van der Waals surface area (Å²) in [5, 5.41) is 9.85. The highest BCUT2D eigenvalue weighted by Crippen LogP contribution is 2.00. The van der Waals surface area contributed by atoms with E-state index in [-0.39, 0.29) is 0 Å². The second kappa shape index (κ2) is 13.3. The second-order valence-corrected chi connectivity index (χ2v) is 5.43. The Morgan fingerprint density at radius 2 is 0.500 bits per heavy atom. The van der Waals surface area contributed by atoms with Gasteiger partial charge in [0.1, 0.15) is 0 Å². The molecule has 0 aromatic heterocycles. The highest BCUT2D eigenvalue weighted by Gasteiger charge is 1.94. The zero-order chi connectivity index (χ0) is 12.7. The normalized spacial score (nSPS) is 24.0. The molecule has 3 aliphatic rings. The first-order chi connectivity index (χ1) is 9.00. The van der Waals surface area contributed by atoms with Crippen LogP contribution >= 0.6 is 0 Å². The van der Waals surface area contributed by atoms with E-state index in [1.807, 2.05) is 0 Å². The van der Waals surface area contributed by atoms with Gasteiger partial charge in [-0.3, -0.25) is 0 Å². The third-order valence-corrected chi connectivity index (χ3v) is 3.62. The Bertz CT molecular complexity index is 115. The Morgan fingerprint density at radius 3 is 0.778 bits per heavy atom. The smallest absolute Gasteiger partial charge is 0.00484 e. The van der Waals surface area contributed by atoms with E-state index in [0.717, 1.165) is 0 Å². The molecule has 3 nitrogen and oxygen atoms in total. The van der Waals surface area contributed by atoms with Gasteiger partial charge in [0.15, 0.2) is 0 Å². The van der Waals surface area contributed by atoms with Gasteiger partial charge in [0.05, 0.1) is 0 Å². The van der Waals surface area contributed by atoms with Crippen molar-refractivity contribution < 1.29 is 0 Å². The molecule has 3 heterocycles. The van der Waals surface area contributed by atoms with Crippen molar-refractivity contribution in [2.24, 2.45) is 0 Å². The third-order valence-electron chi connectivity index (χ3n) is 3.62. The van der Waals surface area contributed by atoms with E-state index in [0.29, 0.717) is 0 Å². The summed E-state index contributed by atoms with van der Waals surface area (Å²) in [6.07, 6.45) is 12.6. The lowest BCUT2D eigenvalue weighted by Gasteiger charge is -2.08. The van der Waals surface area contributed by atoms with E-state index in [4.69, 9.17) is 0 Å². The zero-order valence-electron chi connectivity index (χ0n) is 12.1. The zero-order valence-corrected chi connectivity index (χ0v) is 12.1. The van der Waals surface area contributed by atoms with Crippen molar-refractivity contribution in [2.45, 2.75) is 57.8 Å². The van der Waals surface area contributed by atoms with Gasteiger partial charge in [-0.05, 0) is 77.8 Å². The third kappa shape index (κ3) is 11.0. The van der Waals surface area contributed by atoms with Crippen LogP contribution in [0.15, 0.2) is 0 Å². The summed E-state index contributed by atoms with van der Waals surface area (Å²) in [5.74, 6) is 0. The molecule has 0 saturated carbocycles. The van der Waals surface area contributed by atoms with Crippen molar-refractivity contribution in [1.29, 1.82) is 0 Å². The van der Waals surface area contributed by atoms with Gasteiger partial charge in [-0.2, -0.15) is 0 Å². The molecule has 3 aliphatic heterocycles. The van der Waals surface area contributed by atoms with Gasteiger partial charge in [0.25, 0.3) is 0 Å². The van der Waals surface area contributed by atoms with Crippen LogP contribution in [0.2, 0.25) is 0 Å². The van der Waals surface area contributed by atoms with Crippen LogP contribution in [0, 0.1) is 0 Å². The van der Waals surface area contributed by atoms with Crippen molar-refractivity contribution >= 4 is 0 Å². The average molecular weight is 255 g/mol. The standard InChI is InChI=1S/C6H13N.C5H11N.C4H9N/c1-2-4-6-7-5-3-1;1-2-4-6-5-3-1;1-2-4-5-3-1/h7H,1-6H2;6H,1-5H2;5H,1-4H2. The molecule has 0 bridgehead atoms. The van der Waals surface area contributed by atoms with E-state index in [9.17, 15) is 0 Å². The highest BCUT2D eigenvalue weighted by molar-refractivity contribution is 4.56. The lowest BCUT2D eigenvalue weighted by Crippen LogP contribution is -2.21. The summed E-state index contributed by atoms with van der Waals surface area (Å²) in [7, 11) is 0. The minimum Gasteiger partial charge on any atom is -0.317 e. The van der Waals surface area contributed by atoms with Crippen LogP contribution in [0.1, 0.15) is 57.8 Å². The van der Waals surface area contributed by atoms with Crippen LogP contribution < -0.4 is 16.0 Å². The van der Waals surface area contributed by atoms with Crippen molar-refractivity contribution in [1.82, 2.24) is 16.0 Å². The summed E-state index contributed by atoms with van der Waals surface area (Å²) in [6, 6.07) is 0. The summed E-state index contributed by atoms with van der Waals surface area (Å²) < 4.78 is 0. The summed E-state index contributed by atoms with van der Waals surface area (Å²) in [5.41, 5.74) is 0. The maximum atomic E-state index is 3.35. The van der Waals surface area contributed by atoms with Crippen molar-refractivity contribution in [3.05, 3.63) is 0 Å². The fraction of sp³-hybridized carbons (Fsp3) is 1.00. The monoisotopic (exact) mass is 255 g/mol. The van der Waals surface area contributed by atoms with E-state index in [1.165, 1.54) is 97.1 Å². The maximum Gasteiger partial charge on any atom is -0.00484 e. The van der Waals surface area contributed by atoms with Gasteiger partial charge in [-0.25, -0.2) is 0 Å².